The zero-order valence-electron chi connectivity index (χ0n) is 11.6. The van der Waals surface area contributed by atoms with Crippen LogP contribution in [0.15, 0.2) is 12.2 Å². The fraction of sp³-hybridized carbons (Fsp3) is 0.714. The van der Waals surface area contributed by atoms with Crippen LogP contribution in [0.3, 0.4) is 0 Å². The summed E-state index contributed by atoms with van der Waals surface area (Å²) in [6, 6.07) is 0. The third kappa shape index (κ3) is 2.30. The first-order valence-corrected chi connectivity index (χ1v) is 7.25. The molecule has 4 aliphatic heterocycles. The van der Waals surface area contributed by atoms with Gasteiger partial charge in [-0.15, -0.1) is 12.4 Å². The van der Waals surface area contributed by atoms with Crippen molar-refractivity contribution in [3.05, 3.63) is 12.2 Å². The number of carbonyl (C=O) groups excluding carboxylic acids is 2. The molecule has 116 valence electrons. The minimum atomic E-state index is -0.276. The van der Waals surface area contributed by atoms with Crippen molar-refractivity contribution in [2.75, 3.05) is 39.4 Å². The van der Waals surface area contributed by atoms with Gasteiger partial charge in [0.05, 0.1) is 37.3 Å². The standard InChI is InChI=1S/C14H18N2O4.ClH/c17-13-11-9-1-2-10(20-9)12(11)14(18)16(13)4-3-15-5-7-19-8-6-15;/h1-2,9-12H,3-8H2;1H. The van der Waals surface area contributed by atoms with Gasteiger partial charge in [-0.3, -0.25) is 19.4 Å². The molecular formula is C14H19ClN2O4. The Balaban J connectivity index is 0.00000132. The van der Waals surface area contributed by atoms with Gasteiger partial charge >= 0.3 is 0 Å². The smallest absolute Gasteiger partial charge is 0.236 e. The Morgan fingerprint density at radius 3 is 2.14 bits per heavy atom. The monoisotopic (exact) mass is 314 g/mol. The van der Waals surface area contributed by atoms with Gasteiger partial charge in [0, 0.05) is 26.2 Å². The topological polar surface area (TPSA) is 59.1 Å². The molecule has 21 heavy (non-hydrogen) atoms. The quantitative estimate of drug-likeness (QED) is 0.528. The molecule has 4 atom stereocenters. The van der Waals surface area contributed by atoms with E-state index in [4.69, 9.17) is 9.47 Å². The summed E-state index contributed by atoms with van der Waals surface area (Å²) in [6.07, 6.45) is 3.47. The molecule has 4 unspecified atom stereocenters. The highest BCUT2D eigenvalue weighted by atomic mass is 35.5. The summed E-state index contributed by atoms with van der Waals surface area (Å²) in [4.78, 5) is 28.5. The van der Waals surface area contributed by atoms with E-state index in [9.17, 15) is 9.59 Å². The maximum Gasteiger partial charge on any atom is 0.236 e. The number of amides is 2. The van der Waals surface area contributed by atoms with Crippen molar-refractivity contribution >= 4 is 24.2 Å². The second-order valence-electron chi connectivity index (χ2n) is 5.78. The summed E-state index contributed by atoms with van der Waals surface area (Å²) < 4.78 is 10.9. The molecule has 4 heterocycles. The number of hydrogen-bond acceptors (Lipinski definition) is 5. The van der Waals surface area contributed by atoms with Gasteiger partial charge in [0.15, 0.2) is 0 Å². The second-order valence-corrected chi connectivity index (χ2v) is 5.78. The molecular weight excluding hydrogens is 296 g/mol. The lowest BCUT2D eigenvalue weighted by Gasteiger charge is -2.28. The van der Waals surface area contributed by atoms with Gasteiger partial charge in [-0.05, 0) is 0 Å². The van der Waals surface area contributed by atoms with Crippen LogP contribution in [-0.2, 0) is 19.1 Å². The average molecular weight is 315 g/mol. The molecule has 2 amide bonds. The fourth-order valence-corrected chi connectivity index (χ4v) is 3.65. The summed E-state index contributed by atoms with van der Waals surface area (Å²) in [7, 11) is 0. The molecule has 2 bridgehead atoms. The molecule has 0 aliphatic carbocycles. The first kappa shape index (κ1) is 15.0. The predicted molar refractivity (Wildman–Crippen MR) is 76.0 cm³/mol. The highest BCUT2D eigenvalue weighted by Crippen LogP contribution is 2.44. The van der Waals surface area contributed by atoms with Crippen LogP contribution in [0.1, 0.15) is 0 Å². The predicted octanol–water partition coefficient (Wildman–Crippen LogP) is -0.321. The van der Waals surface area contributed by atoms with Crippen LogP contribution in [0.5, 0.6) is 0 Å². The van der Waals surface area contributed by atoms with E-state index in [0.717, 1.165) is 32.8 Å². The van der Waals surface area contributed by atoms with E-state index in [2.05, 4.69) is 4.90 Å². The number of likely N-dealkylation sites (tertiary alicyclic amines) is 1. The van der Waals surface area contributed by atoms with E-state index in [1.54, 1.807) is 0 Å². The third-order valence-corrected chi connectivity index (χ3v) is 4.75. The Hall–Kier alpha value is -0.950. The van der Waals surface area contributed by atoms with Gasteiger partial charge in [0.25, 0.3) is 0 Å². The first-order chi connectivity index (χ1) is 9.75. The van der Waals surface area contributed by atoms with E-state index < -0.39 is 0 Å². The zero-order valence-corrected chi connectivity index (χ0v) is 12.5. The van der Waals surface area contributed by atoms with Gasteiger partial charge in [0.2, 0.25) is 11.8 Å². The minimum absolute atomic E-state index is 0. The Morgan fingerprint density at radius 2 is 1.57 bits per heavy atom. The molecule has 4 rings (SSSR count). The Bertz CT molecular complexity index is 448. The molecule has 0 aromatic carbocycles. The van der Waals surface area contributed by atoms with Crippen LogP contribution in [0.2, 0.25) is 0 Å². The fourth-order valence-electron chi connectivity index (χ4n) is 3.65. The summed E-state index contributed by atoms with van der Waals surface area (Å²) in [5, 5.41) is 0. The number of rotatable bonds is 3. The molecule has 7 heteroatoms. The molecule has 0 radical (unpaired) electrons. The van der Waals surface area contributed by atoms with Crippen molar-refractivity contribution < 1.29 is 19.1 Å². The van der Waals surface area contributed by atoms with Crippen molar-refractivity contribution in [3.8, 4) is 0 Å². The Morgan fingerprint density at radius 1 is 1.00 bits per heavy atom. The number of ether oxygens (including phenoxy) is 2. The van der Waals surface area contributed by atoms with Crippen LogP contribution in [0.25, 0.3) is 0 Å². The molecule has 0 aromatic heterocycles. The van der Waals surface area contributed by atoms with Crippen molar-refractivity contribution in [2.24, 2.45) is 11.8 Å². The maximum atomic E-state index is 12.4. The Labute approximate surface area is 129 Å². The average Bonchev–Trinajstić information content (AvgIpc) is 3.13. The summed E-state index contributed by atoms with van der Waals surface area (Å²) in [5.41, 5.74) is 0. The molecule has 0 aromatic rings. The van der Waals surface area contributed by atoms with Crippen molar-refractivity contribution in [1.82, 2.24) is 9.80 Å². The number of fused-ring (bicyclic) bond motifs is 5. The number of carbonyl (C=O) groups is 2. The normalized spacial score (nSPS) is 38.0. The number of hydrogen-bond donors (Lipinski definition) is 0. The number of morpholine rings is 1. The number of halogens is 1. The number of imide groups is 1. The lowest BCUT2D eigenvalue weighted by Crippen LogP contribution is -2.44. The van der Waals surface area contributed by atoms with Gasteiger partial charge in [-0.2, -0.15) is 0 Å². The highest BCUT2D eigenvalue weighted by molar-refractivity contribution is 6.06. The summed E-state index contributed by atoms with van der Waals surface area (Å²) in [6.45, 7) is 4.44. The van der Waals surface area contributed by atoms with E-state index in [0.29, 0.717) is 6.54 Å². The summed E-state index contributed by atoms with van der Waals surface area (Å²) in [5.74, 6) is -0.653. The molecule has 4 aliphatic rings. The van der Waals surface area contributed by atoms with Crippen LogP contribution in [0.4, 0.5) is 0 Å². The van der Waals surface area contributed by atoms with Crippen LogP contribution in [0, 0.1) is 11.8 Å². The van der Waals surface area contributed by atoms with Gasteiger partial charge < -0.3 is 9.47 Å². The maximum absolute atomic E-state index is 12.4. The minimum Gasteiger partial charge on any atom is -0.379 e. The van der Waals surface area contributed by atoms with E-state index in [1.807, 2.05) is 12.2 Å². The van der Waals surface area contributed by atoms with Gasteiger partial charge in [0.1, 0.15) is 0 Å². The van der Waals surface area contributed by atoms with Crippen molar-refractivity contribution in [2.45, 2.75) is 12.2 Å². The highest BCUT2D eigenvalue weighted by Gasteiger charge is 2.60. The summed E-state index contributed by atoms with van der Waals surface area (Å²) >= 11 is 0. The SMILES string of the molecule is Cl.O=C1C2C3C=CC(O3)C2C(=O)N1CCN1CCOCC1. The Kier molecular flexibility index (Phi) is 4.05. The first-order valence-electron chi connectivity index (χ1n) is 7.25. The van der Waals surface area contributed by atoms with Gasteiger partial charge in [-0.25, -0.2) is 0 Å². The van der Waals surface area contributed by atoms with Crippen LogP contribution < -0.4 is 0 Å². The van der Waals surface area contributed by atoms with Gasteiger partial charge in [-0.1, -0.05) is 12.2 Å². The third-order valence-electron chi connectivity index (χ3n) is 4.75. The zero-order chi connectivity index (χ0) is 13.7. The lowest BCUT2D eigenvalue weighted by atomic mass is 9.85. The molecule has 3 saturated heterocycles. The molecule has 0 spiro atoms. The molecule has 0 N–H and O–H groups in total. The lowest BCUT2D eigenvalue weighted by molar-refractivity contribution is -0.142. The van der Waals surface area contributed by atoms with Crippen LogP contribution in [-0.4, -0.2) is 73.2 Å². The van der Waals surface area contributed by atoms with Crippen LogP contribution >= 0.6 is 12.4 Å². The van der Waals surface area contributed by atoms with E-state index in [1.165, 1.54) is 4.90 Å². The largest absolute Gasteiger partial charge is 0.379 e. The van der Waals surface area contributed by atoms with Crippen molar-refractivity contribution in [3.63, 3.8) is 0 Å². The second kappa shape index (κ2) is 5.68. The molecule has 6 nitrogen and oxygen atoms in total. The van der Waals surface area contributed by atoms with E-state index in [-0.39, 0.29) is 48.3 Å². The van der Waals surface area contributed by atoms with E-state index >= 15 is 0 Å². The molecule has 3 fully saturated rings. The number of nitrogens with zero attached hydrogens (tertiary/aromatic N) is 2. The van der Waals surface area contributed by atoms with Crippen molar-refractivity contribution in [1.29, 1.82) is 0 Å². The molecule has 0 saturated carbocycles.